The highest BCUT2D eigenvalue weighted by atomic mass is 16.4. The van der Waals surface area contributed by atoms with Crippen LogP contribution in [0.15, 0.2) is 24.3 Å². The first-order valence-electron chi connectivity index (χ1n) is 4.58. The van der Waals surface area contributed by atoms with Gasteiger partial charge in [-0.25, -0.2) is 4.79 Å². The summed E-state index contributed by atoms with van der Waals surface area (Å²) in [6.07, 6.45) is 4.97. The lowest BCUT2D eigenvalue weighted by Gasteiger charge is -2.13. The Morgan fingerprint density at radius 2 is 1.94 bits per heavy atom. The van der Waals surface area contributed by atoms with Crippen LogP contribution in [-0.4, -0.2) is 28.9 Å². The van der Waals surface area contributed by atoms with Gasteiger partial charge in [-0.15, -0.1) is 6.42 Å². The van der Waals surface area contributed by atoms with Crippen molar-refractivity contribution in [2.45, 2.75) is 6.54 Å². The Labute approximate surface area is 93.5 Å². The second-order valence-corrected chi connectivity index (χ2v) is 3.31. The Morgan fingerprint density at radius 3 is 2.38 bits per heavy atom. The van der Waals surface area contributed by atoms with Crippen molar-refractivity contribution in [1.82, 2.24) is 4.90 Å². The number of benzene rings is 1. The number of carboxylic acids is 1. The molecule has 82 valence electrons. The van der Waals surface area contributed by atoms with Gasteiger partial charge in [0.05, 0.1) is 5.56 Å². The summed E-state index contributed by atoms with van der Waals surface area (Å²) in [5.74, 6) is 0.634. The highest BCUT2D eigenvalue weighted by molar-refractivity contribution is 5.92. The Hall–Kier alpha value is -2.28. The van der Waals surface area contributed by atoms with Gasteiger partial charge in [0.1, 0.15) is 0 Å². The van der Waals surface area contributed by atoms with E-state index in [1.165, 1.54) is 17.0 Å². The fourth-order valence-electron chi connectivity index (χ4n) is 1.21. The molecule has 0 saturated carbocycles. The van der Waals surface area contributed by atoms with E-state index >= 15 is 0 Å². The highest BCUT2D eigenvalue weighted by Gasteiger charge is 2.06. The monoisotopic (exact) mass is 217 g/mol. The molecular formula is C12H11NO3. The Morgan fingerprint density at radius 1 is 1.38 bits per heavy atom. The quantitative estimate of drug-likeness (QED) is 0.768. The zero-order valence-electron chi connectivity index (χ0n) is 8.80. The van der Waals surface area contributed by atoms with E-state index in [2.05, 4.69) is 0 Å². The molecule has 0 unspecified atom stereocenters. The molecule has 1 N–H and O–H groups in total. The minimum absolute atomic E-state index is 0.217. The Balaban J connectivity index is 2.73. The lowest BCUT2D eigenvalue weighted by atomic mass is 10.1. The van der Waals surface area contributed by atoms with Crippen molar-refractivity contribution in [2.24, 2.45) is 0 Å². The van der Waals surface area contributed by atoms with Gasteiger partial charge in [-0.3, -0.25) is 4.79 Å². The lowest BCUT2D eigenvalue weighted by molar-refractivity contribution is -0.124. The van der Waals surface area contributed by atoms with Gasteiger partial charge in [0.25, 0.3) is 5.91 Å². The maximum atomic E-state index is 11.1. The number of hydrogen-bond donors (Lipinski definition) is 1. The van der Waals surface area contributed by atoms with Crippen molar-refractivity contribution in [3.63, 3.8) is 0 Å². The average Bonchev–Trinajstić information content (AvgIpc) is 2.28. The van der Waals surface area contributed by atoms with Crippen LogP contribution in [-0.2, 0) is 11.3 Å². The SMILES string of the molecule is C#CC(=O)N(C)Cc1ccc(C(=O)O)cc1. The molecule has 4 heteroatoms. The van der Waals surface area contributed by atoms with E-state index in [9.17, 15) is 9.59 Å². The minimum atomic E-state index is -0.973. The third kappa shape index (κ3) is 2.85. The third-order valence-corrected chi connectivity index (χ3v) is 2.09. The molecule has 1 rings (SSSR count). The fourth-order valence-corrected chi connectivity index (χ4v) is 1.21. The van der Waals surface area contributed by atoms with E-state index in [0.717, 1.165) is 5.56 Å². The van der Waals surface area contributed by atoms with Crippen LogP contribution >= 0.6 is 0 Å². The molecule has 0 saturated heterocycles. The van der Waals surface area contributed by atoms with Crippen LogP contribution in [0.25, 0.3) is 0 Å². The van der Waals surface area contributed by atoms with Gasteiger partial charge in [0, 0.05) is 13.6 Å². The van der Waals surface area contributed by atoms with Gasteiger partial charge in [-0.05, 0) is 23.6 Å². The average molecular weight is 217 g/mol. The first-order chi connectivity index (χ1) is 7.54. The van der Waals surface area contributed by atoms with Crippen molar-refractivity contribution in [3.8, 4) is 12.3 Å². The first kappa shape index (κ1) is 11.8. The van der Waals surface area contributed by atoms with Crippen molar-refractivity contribution in [2.75, 3.05) is 7.05 Å². The zero-order chi connectivity index (χ0) is 12.1. The molecule has 16 heavy (non-hydrogen) atoms. The molecule has 0 atom stereocenters. The number of nitrogens with zero attached hydrogens (tertiary/aromatic N) is 1. The number of amides is 1. The molecule has 0 heterocycles. The van der Waals surface area contributed by atoms with E-state index < -0.39 is 11.9 Å². The van der Waals surface area contributed by atoms with Crippen LogP contribution in [0, 0.1) is 12.3 Å². The van der Waals surface area contributed by atoms with E-state index in [1.807, 2.05) is 5.92 Å². The maximum absolute atomic E-state index is 11.1. The number of carbonyl (C=O) groups excluding carboxylic acids is 1. The highest BCUT2D eigenvalue weighted by Crippen LogP contribution is 2.06. The molecule has 0 bridgehead atoms. The van der Waals surface area contributed by atoms with Crippen molar-refractivity contribution >= 4 is 11.9 Å². The minimum Gasteiger partial charge on any atom is -0.478 e. The van der Waals surface area contributed by atoms with E-state index in [0.29, 0.717) is 6.54 Å². The number of rotatable bonds is 3. The molecule has 4 nitrogen and oxygen atoms in total. The molecule has 0 aliphatic carbocycles. The van der Waals surface area contributed by atoms with Crippen molar-refractivity contribution in [3.05, 3.63) is 35.4 Å². The lowest BCUT2D eigenvalue weighted by Crippen LogP contribution is -2.24. The van der Waals surface area contributed by atoms with E-state index in [4.69, 9.17) is 11.5 Å². The van der Waals surface area contributed by atoms with Gasteiger partial charge in [-0.2, -0.15) is 0 Å². The number of terminal acetylenes is 1. The summed E-state index contributed by atoms with van der Waals surface area (Å²) in [7, 11) is 1.59. The molecule has 0 radical (unpaired) electrons. The summed E-state index contributed by atoms with van der Waals surface area (Å²) < 4.78 is 0. The third-order valence-electron chi connectivity index (χ3n) is 2.09. The van der Waals surface area contributed by atoms with Crippen molar-refractivity contribution in [1.29, 1.82) is 0 Å². The van der Waals surface area contributed by atoms with Crippen molar-refractivity contribution < 1.29 is 14.7 Å². The molecule has 1 aromatic carbocycles. The largest absolute Gasteiger partial charge is 0.478 e. The van der Waals surface area contributed by atoms with Crippen LogP contribution in [0.5, 0.6) is 0 Å². The molecule has 1 amide bonds. The fraction of sp³-hybridized carbons (Fsp3) is 0.167. The van der Waals surface area contributed by atoms with Gasteiger partial charge in [0.2, 0.25) is 0 Å². The summed E-state index contributed by atoms with van der Waals surface area (Å²) in [6.45, 7) is 0.364. The Kier molecular flexibility index (Phi) is 3.67. The first-order valence-corrected chi connectivity index (χ1v) is 4.58. The number of carbonyl (C=O) groups is 2. The molecule has 0 spiro atoms. The van der Waals surface area contributed by atoms with Gasteiger partial charge in [0.15, 0.2) is 0 Å². The summed E-state index contributed by atoms with van der Waals surface area (Å²) in [5.41, 5.74) is 1.05. The molecule has 0 fully saturated rings. The molecule has 0 aromatic heterocycles. The number of hydrogen-bond acceptors (Lipinski definition) is 2. The number of aromatic carboxylic acids is 1. The summed E-state index contributed by atoms with van der Waals surface area (Å²) in [6, 6.07) is 6.30. The van der Waals surface area contributed by atoms with Crippen LogP contribution in [0.2, 0.25) is 0 Å². The van der Waals surface area contributed by atoms with E-state index in [-0.39, 0.29) is 5.56 Å². The number of carboxylic acid groups (broad SMARTS) is 1. The standard InChI is InChI=1S/C12H11NO3/c1-3-11(14)13(2)8-9-4-6-10(7-5-9)12(15)16/h1,4-7H,8H2,2H3,(H,15,16). The summed E-state index contributed by atoms with van der Waals surface area (Å²) in [4.78, 5) is 23.1. The smallest absolute Gasteiger partial charge is 0.335 e. The van der Waals surface area contributed by atoms with Gasteiger partial charge < -0.3 is 10.0 Å². The van der Waals surface area contributed by atoms with Crippen LogP contribution in [0.4, 0.5) is 0 Å². The van der Waals surface area contributed by atoms with Gasteiger partial charge >= 0.3 is 5.97 Å². The molecule has 0 aliphatic rings. The molecule has 0 aliphatic heterocycles. The topological polar surface area (TPSA) is 57.6 Å². The molecule has 1 aromatic rings. The van der Waals surface area contributed by atoms with Crippen LogP contribution in [0.1, 0.15) is 15.9 Å². The Bertz CT molecular complexity index is 442. The van der Waals surface area contributed by atoms with Crippen LogP contribution < -0.4 is 0 Å². The summed E-state index contributed by atoms with van der Waals surface area (Å²) in [5, 5.41) is 8.69. The second-order valence-electron chi connectivity index (χ2n) is 3.31. The van der Waals surface area contributed by atoms with E-state index in [1.54, 1.807) is 19.2 Å². The molecular weight excluding hydrogens is 206 g/mol. The second kappa shape index (κ2) is 4.99. The maximum Gasteiger partial charge on any atom is 0.335 e. The normalized spacial score (nSPS) is 9.25. The zero-order valence-corrected chi connectivity index (χ0v) is 8.80. The predicted octanol–water partition coefficient (Wildman–Crippen LogP) is 0.976. The van der Waals surface area contributed by atoms with Gasteiger partial charge in [-0.1, -0.05) is 12.1 Å². The summed E-state index contributed by atoms with van der Waals surface area (Å²) >= 11 is 0. The predicted molar refractivity (Wildman–Crippen MR) is 58.7 cm³/mol. The van der Waals surface area contributed by atoms with Crippen LogP contribution in [0.3, 0.4) is 0 Å².